The Kier molecular flexibility index (Phi) is 2.01. The summed E-state index contributed by atoms with van der Waals surface area (Å²) in [7, 11) is 2.24. The Morgan fingerprint density at radius 2 is 2.27 bits per heavy atom. The SMILES string of the molecule is C[NH+]1CCc2[nH]c3ccc(Cl)cc3c2C1. The van der Waals surface area contributed by atoms with Gasteiger partial charge < -0.3 is 9.88 Å². The number of aromatic amines is 1. The molecule has 2 nitrogen and oxygen atoms in total. The van der Waals surface area contributed by atoms with Crippen LogP contribution in [0.1, 0.15) is 11.3 Å². The molecule has 1 unspecified atom stereocenters. The van der Waals surface area contributed by atoms with Crippen molar-refractivity contribution in [2.24, 2.45) is 0 Å². The van der Waals surface area contributed by atoms with E-state index >= 15 is 0 Å². The zero-order valence-corrected chi connectivity index (χ0v) is 9.49. The normalized spacial score (nSPS) is 20.5. The van der Waals surface area contributed by atoms with Gasteiger partial charge in [-0.2, -0.15) is 0 Å². The number of aromatic nitrogens is 1. The van der Waals surface area contributed by atoms with Gasteiger partial charge in [0, 0.05) is 33.6 Å². The molecule has 0 fully saturated rings. The first-order valence-corrected chi connectivity index (χ1v) is 5.72. The first-order valence-electron chi connectivity index (χ1n) is 5.34. The van der Waals surface area contributed by atoms with E-state index in [1.54, 1.807) is 4.90 Å². The molecule has 2 N–H and O–H groups in total. The van der Waals surface area contributed by atoms with Crippen molar-refractivity contribution in [3.8, 4) is 0 Å². The van der Waals surface area contributed by atoms with Crippen LogP contribution in [0.2, 0.25) is 5.02 Å². The Bertz CT molecular complexity index is 516. The first-order chi connectivity index (χ1) is 7.24. The minimum Gasteiger partial charge on any atom is -0.358 e. The lowest BCUT2D eigenvalue weighted by atomic mass is 10.1. The van der Waals surface area contributed by atoms with Gasteiger partial charge >= 0.3 is 0 Å². The van der Waals surface area contributed by atoms with Gasteiger partial charge in [-0.05, 0) is 18.2 Å². The number of rotatable bonds is 0. The van der Waals surface area contributed by atoms with Gasteiger partial charge in [0.05, 0.1) is 13.6 Å². The summed E-state index contributed by atoms with van der Waals surface area (Å²) in [4.78, 5) is 5.06. The maximum atomic E-state index is 6.03. The molecule has 1 atom stereocenters. The number of hydrogen-bond donors (Lipinski definition) is 2. The number of fused-ring (bicyclic) bond motifs is 3. The largest absolute Gasteiger partial charge is 0.358 e. The van der Waals surface area contributed by atoms with E-state index in [9.17, 15) is 0 Å². The topological polar surface area (TPSA) is 20.2 Å². The Balaban J connectivity index is 2.25. The molecule has 0 saturated carbocycles. The van der Waals surface area contributed by atoms with Gasteiger partial charge in [0.25, 0.3) is 0 Å². The van der Waals surface area contributed by atoms with E-state index in [1.807, 2.05) is 6.07 Å². The average molecular weight is 222 g/mol. The third-order valence-corrected chi connectivity index (χ3v) is 3.47. The molecule has 0 spiro atoms. The number of H-pyrrole nitrogens is 1. The fourth-order valence-corrected chi connectivity index (χ4v) is 2.59. The fourth-order valence-electron chi connectivity index (χ4n) is 2.42. The molecule has 1 aromatic heterocycles. The molecule has 1 aliphatic heterocycles. The summed E-state index contributed by atoms with van der Waals surface area (Å²) in [5.41, 5.74) is 4.08. The van der Waals surface area contributed by atoms with Crippen molar-refractivity contribution in [1.82, 2.24) is 4.98 Å². The minimum absolute atomic E-state index is 0.826. The second kappa shape index (κ2) is 3.26. The number of nitrogens with one attached hydrogen (secondary N) is 2. The second-order valence-corrected chi connectivity index (χ2v) is 4.84. The Morgan fingerprint density at radius 1 is 1.40 bits per heavy atom. The predicted octanol–water partition coefficient (Wildman–Crippen LogP) is 1.39. The van der Waals surface area contributed by atoms with Crippen molar-refractivity contribution in [3.05, 3.63) is 34.5 Å². The van der Waals surface area contributed by atoms with Gasteiger partial charge in [0.1, 0.15) is 6.54 Å². The highest BCUT2D eigenvalue weighted by molar-refractivity contribution is 6.31. The number of benzene rings is 1. The Morgan fingerprint density at radius 3 is 3.13 bits per heavy atom. The Labute approximate surface area is 93.8 Å². The molecular weight excluding hydrogens is 208 g/mol. The number of quaternary nitrogens is 1. The molecule has 0 aliphatic carbocycles. The van der Waals surface area contributed by atoms with E-state index < -0.39 is 0 Å². The van der Waals surface area contributed by atoms with Gasteiger partial charge in [-0.25, -0.2) is 0 Å². The summed E-state index contributed by atoms with van der Waals surface area (Å²) in [5.74, 6) is 0. The van der Waals surface area contributed by atoms with Gasteiger partial charge in [-0.3, -0.25) is 0 Å². The molecule has 0 radical (unpaired) electrons. The van der Waals surface area contributed by atoms with Crippen molar-refractivity contribution in [2.75, 3.05) is 13.6 Å². The van der Waals surface area contributed by atoms with Crippen LogP contribution in [-0.2, 0) is 13.0 Å². The summed E-state index contributed by atoms with van der Waals surface area (Å²) in [6.45, 7) is 2.32. The summed E-state index contributed by atoms with van der Waals surface area (Å²) in [6, 6.07) is 6.10. The van der Waals surface area contributed by atoms with Crippen molar-refractivity contribution in [3.63, 3.8) is 0 Å². The van der Waals surface area contributed by atoms with Crippen LogP contribution in [0.4, 0.5) is 0 Å². The number of halogens is 1. The zero-order valence-electron chi connectivity index (χ0n) is 8.73. The smallest absolute Gasteiger partial charge is 0.105 e. The standard InChI is InChI=1S/C12H13ClN2/c1-15-5-4-12-10(7-15)9-6-8(13)2-3-11(9)14-12/h2-3,6,14H,4-5,7H2,1H3/p+1. The van der Waals surface area contributed by atoms with Crippen LogP contribution in [0.15, 0.2) is 18.2 Å². The molecule has 0 bridgehead atoms. The van der Waals surface area contributed by atoms with Gasteiger partial charge in [-0.15, -0.1) is 0 Å². The van der Waals surface area contributed by atoms with E-state index in [0.29, 0.717) is 0 Å². The summed E-state index contributed by atoms with van der Waals surface area (Å²) >= 11 is 6.03. The summed E-state index contributed by atoms with van der Waals surface area (Å²) < 4.78 is 0. The zero-order chi connectivity index (χ0) is 10.4. The minimum atomic E-state index is 0.826. The van der Waals surface area contributed by atoms with Crippen LogP contribution in [-0.4, -0.2) is 18.6 Å². The van der Waals surface area contributed by atoms with E-state index in [-0.39, 0.29) is 0 Å². The van der Waals surface area contributed by atoms with Crippen LogP contribution < -0.4 is 4.90 Å². The third kappa shape index (κ3) is 1.45. The molecule has 0 saturated heterocycles. The van der Waals surface area contributed by atoms with E-state index in [1.165, 1.54) is 28.7 Å². The second-order valence-electron chi connectivity index (χ2n) is 4.41. The van der Waals surface area contributed by atoms with Crippen molar-refractivity contribution < 1.29 is 4.90 Å². The molecule has 78 valence electrons. The molecule has 3 rings (SSSR count). The highest BCUT2D eigenvalue weighted by Crippen LogP contribution is 2.26. The highest BCUT2D eigenvalue weighted by atomic mass is 35.5. The molecule has 2 heterocycles. The molecule has 15 heavy (non-hydrogen) atoms. The monoisotopic (exact) mass is 221 g/mol. The Hall–Kier alpha value is -0.990. The lowest BCUT2D eigenvalue weighted by Gasteiger charge is -2.19. The quantitative estimate of drug-likeness (QED) is 0.671. The van der Waals surface area contributed by atoms with E-state index in [4.69, 9.17) is 11.6 Å². The molecule has 0 amide bonds. The number of hydrogen-bond acceptors (Lipinski definition) is 0. The van der Waals surface area contributed by atoms with Crippen molar-refractivity contribution in [2.45, 2.75) is 13.0 Å². The lowest BCUT2D eigenvalue weighted by Crippen LogP contribution is -3.08. The van der Waals surface area contributed by atoms with Gasteiger partial charge in [0.15, 0.2) is 0 Å². The van der Waals surface area contributed by atoms with Crippen LogP contribution in [0, 0.1) is 0 Å². The van der Waals surface area contributed by atoms with Gasteiger partial charge in [0.2, 0.25) is 0 Å². The fraction of sp³-hybridized carbons (Fsp3) is 0.333. The van der Waals surface area contributed by atoms with Gasteiger partial charge in [-0.1, -0.05) is 11.6 Å². The van der Waals surface area contributed by atoms with Crippen molar-refractivity contribution in [1.29, 1.82) is 0 Å². The van der Waals surface area contributed by atoms with Crippen LogP contribution in [0.3, 0.4) is 0 Å². The summed E-state index contributed by atoms with van der Waals surface area (Å²) in [5, 5.41) is 2.13. The van der Waals surface area contributed by atoms with Crippen LogP contribution in [0.5, 0.6) is 0 Å². The third-order valence-electron chi connectivity index (χ3n) is 3.24. The summed E-state index contributed by atoms with van der Waals surface area (Å²) in [6.07, 6.45) is 1.15. The molecule has 1 aliphatic rings. The van der Waals surface area contributed by atoms with Crippen LogP contribution in [0.25, 0.3) is 10.9 Å². The maximum Gasteiger partial charge on any atom is 0.105 e. The maximum absolute atomic E-state index is 6.03. The predicted molar refractivity (Wildman–Crippen MR) is 62.5 cm³/mol. The van der Waals surface area contributed by atoms with E-state index in [0.717, 1.165) is 18.0 Å². The van der Waals surface area contributed by atoms with Crippen LogP contribution >= 0.6 is 11.6 Å². The molecule has 3 heteroatoms. The molecule has 1 aromatic carbocycles. The van der Waals surface area contributed by atoms with E-state index in [2.05, 4.69) is 24.2 Å². The lowest BCUT2D eigenvalue weighted by molar-refractivity contribution is -0.895. The molecule has 2 aromatic rings. The van der Waals surface area contributed by atoms with Crippen molar-refractivity contribution >= 4 is 22.5 Å². The molecular formula is C12H14ClN2+. The number of likely N-dealkylation sites (N-methyl/N-ethyl adjacent to an activating group) is 1. The average Bonchev–Trinajstić information content (AvgIpc) is 2.56. The highest BCUT2D eigenvalue weighted by Gasteiger charge is 2.20. The first kappa shape index (κ1) is 9.25.